The van der Waals surface area contributed by atoms with Crippen LogP contribution in [-0.4, -0.2) is 44.3 Å². The van der Waals surface area contributed by atoms with Crippen molar-refractivity contribution in [1.29, 1.82) is 0 Å². The fourth-order valence-corrected chi connectivity index (χ4v) is 4.63. The minimum absolute atomic E-state index is 0.0432. The van der Waals surface area contributed by atoms with Crippen LogP contribution in [0.25, 0.3) is 10.2 Å². The first-order chi connectivity index (χ1) is 16.4. The van der Waals surface area contributed by atoms with E-state index in [-0.39, 0.29) is 17.0 Å². The Hall–Kier alpha value is -3.08. The van der Waals surface area contributed by atoms with Gasteiger partial charge in [0.2, 0.25) is 5.91 Å². The van der Waals surface area contributed by atoms with E-state index in [1.54, 1.807) is 12.3 Å². The van der Waals surface area contributed by atoms with Crippen molar-refractivity contribution in [2.24, 2.45) is 0 Å². The number of pyridine rings is 1. The van der Waals surface area contributed by atoms with Gasteiger partial charge in [0.15, 0.2) is 0 Å². The molecule has 4 aromatic rings. The zero-order chi connectivity index (χ0) is 24.0. The SMILES string of the molecule is O=c1[nH]c2c(O)ccc(CC(O)(O)NCCc3ccc(CNCCc4ccccn4)cc3)c2s1. The molecule has 4 rings (SSSR count). The Morgan fingerprint density at radius 3 is 2.53 bits per heavy atom. The quantitative estimate of drug-likeness (QED) is 0.143. The molecule has 0 amide bonds. The number of phenols is 1. The van der Waals surface area contributed by atoms with Crippen LogP contribution in [0.2, 0.25) is 0 Å². The van der Waals surface area contributed by atoms with Crippen LogP contribution in [-0.2, 0) is 25.8 Å². The van der Waals surface area contributed by atoms with E-state index in [4.69, 9.17) is 0 Å². The van der Waals surface area contributed by atoms with Crippen LogP contribution in [0.15, 0.2) is 65.6 Å². The molecule has 6 N–H and O–H groups in total. The summed E-state index contributed by atoms with van der Waals surface area (Å²) in [7, 11) is 0. The number of hydrogen-bond donors (Lipinski definition) is 6. The maximum absolute atomic E-state index is 11.6. The lowest BCUT2D eigenvalue weighted by Crippen LogP contribution is -2.47. The van der Waals surface area contributed by atoms with Gasteiger partial charge in [-0.2, -0.15) is 0 Å². The lowest BCUT2D eigenvalue weighted by molar-refractivity contribution is -0.183. The molecule has 0 atom stereocenters. The molecule has 34 heavy (non-hydrogen) atoms. The number of hydrogen-bond acceptors (Lipinski definition) is 8. The molecule has 2 heterocycles. The molecule has 2 aromatic carbocycles. The second-order valence-corrected chi connectivity index (χ2v) is 9.18. The summed E-state index contributed by atoms with van der Waals surface area (Å²) in [6.07, 6.45) is 3.19. The van der Waals surface area contributed by atoms with E-state index in [0.29, 0.717) is 28.7 Å². The number of nitrogens with one attached hydrogen (secondary N) is 3. The Morgan fingerprint density at radius 1 is 0.971 bits per heavy atom. The summed E-state index contributed by atoms with van der Waals surface area (Å²) in [5, 5.41) is 36.9. The predicted octanol–water partition coefficient (Wildman–Crippen LogP) is 2.04. The van der Waals surface area contributed by atoms with E-state index < -0.39 is 5.91 Å². The smallest absolute Gasteiger partial charge is 0.305 e. The molecule has 0 saturated heterocycles. The first-order valence-corrected chi connectivity index (χ1v) is 11.9. The van der Waals surface area contributed by atoms with Crippen LogP contribution in [0.5, 0.6) is 5.75 Å². The number of H-pyrrole nitrogens is 1. The zero-order valence-electron chi connectivity index (χ0n) is 18.6. The number of aromatic amines is 1. The molecule has 0 aliphatic heterocycles. The number of fused-ring (bicyclic) bond motifs is 1. The van der Waals surface area contributed by atoms with Crippen LogP contribution in [0.1, 0.15) is 22.4 Å². The van der Waals surface area contributed by atoms with E-state index in [0.717, 1.165) is 42.1 Å². The van der Waals surface area contributed by atoms with E-state index in [1.165, 1.54) is 11.6 Å². The van der Waals surface area contributed by atoms with Gasteiger partial charge in [-0.25, -0.2) is 0 Å². The number of benzene rings is 2. The van der Waals surface area contributed by atoms with Gasteiger partial charge in [0, 0.05) is 44.4 Å². The van der Waals surface area contributed by atoms with Gasteiger partial charge in [-0.15, -0.1) is 0 Å². The van der Waals surface area contributed by atoms with Gasteiger partial charge >= 0.3 is 4.87 Å². The number of aliphatic hydroxyl groups is 2. The number of rotatable bonds is 11. The van der Waals surface area contributed by atoms with Crippen LogP contribution in [0.4, 0.5) is 0 Å². The predicted molar refractivity (Wildman–Crippen MR) is 133 cm³/mol. The summed E-state index contributed by atoms with van der Waals surface area (Å²) in [5.74, 6) is -2.19. The average Bonchev–Trinajstić information content (AvgIpc) is 3.23. The Balaban J connectivity index is 1.23. The highest BCUT2D eigenvalue weighted by molar-refractivity contribution is 7.16. The van der Waals surface area contributed by atoms with Crippen LogP contribution in [0, 0.1) is 0 Å². The molecule has 0 unspecified atom stereocenters. The highest BCUT2D eigenvalue weighted by Gasteiger charge is 2.25. The van der Waals surface area contributed by atoms with Gasteiger partial charge in [-0.05, 0) is 41.3 Å². The summed E-state index contributed by atoms with van der Waals surface area (Å²) in [4.78, 5) is 18.2. The van der Waals surface area contributed by atoms with Gasteiger partial charge < -0.3 is 25.6 Å². The minimum Gasteiger partial charge on any atom is -0.506 e. The molecular formula is C25H28N4O4S. The molecule has 0 radical (unpaired) electrons. The molecule has 0 aliphatic carbocycles. The van der Waals surface area contributed by atoms with Crippen LogP contribution in [0.3, 0.4) is 0 Å². The summed E-state index contributed by atoms with van der Waals surface area (Å²) >= 11 is 0.932. The highest BCUT2D eigenvalue weighted by Crippen LogP contribution is 2.29. The lowest BCUT2D eigenvalue weighted by atomic mass is 10.1. The summed E-state index contributed by atoms with van der Waals surface area (Å²) in [6, 6.07) is 17.2. The van der Waals surface area contributed by atoms with Crippen molar-refractivity contribution in [3.05, 3.63) is 92.8 Å². The Morgan fingerprint density at radius 2 is 1.76 bits per heavy atom. The fourth-order valence-electron chi connectivity index (χ4n) is 3.77. The average molecular weight is 481 g/mol. The van der Waals surface area contributed by atoms with Crippen molar-refractivity contribution in [3.8, 4) is 5.75 Å². The normalized spacial score (nSPS) is 11.8. The molecule has 0 saturated carbocycles. The minimum atomic E-state index is -2.14. The third-order valence-electron chi connectivity index (χ3n) is 5.53. The monoisotopic (exact) mass is 480 g/mol. The molecular weight excluding hydrogens is 452 g/mol. The Labute approximate surface area is 201 Å². The first-order valence-electron chi connectivity index (χ1n) is 11.1. The van der Waals surface area contributed by atoms with Gasteiger partial charge in [0.1, 0.15) is 11.3 Å². The summed E-state index contributed by atoms with van der Waals surface area (Å²) in [6.45, 7) is 1.98. The summed E-state index contributed by atoms with van der Waals surface area (Å²) in [5.41, 5.74) is 4.21. The van der Waals surface area contributed by atoms with Crippen LogP contribution >= 0.6 is 11.3 Å². The van der Waals surface area contributed by atoms with Crippen molar-refractivity contribution in [2.75, 3.05) is 13.1 Å². The van der Waals surface area contributed by atoms with Gasteiger partial charge in [-0.1, -0.05) is 47.7 Å². The van der Waals surface area contributed by atoms with Gasteiger partial charge in [0.05, 0.1) is 4.70 Å². The van der Waals surface area contributed by atoms with E-state index in [9.17, 15) is 20.1 Å². The second-order valence-electron chi connectivity index (χ2n) is 8.20. The largest absolute Gasteiger partial charge is 0.506 e. The van der Waals surface area contributed by atoms with E-state index in [2.05, 4.69) is 32.7 Å². The van der Waals surface area contributed by atoms with Gasteiger partial charge in [0.25, 0.3) is 0 Å². The zero-order valence-corrected chi connectivity index (χ0v) is 19.4. The fraction of sp³-hybridized carbons (Fsp3) is 0.280. The molecule has 0 spiro atoms. The van der Waals surface area contributed by atoms with Crippen molar-refractivity contribution >= 4 is 21.6 Å². The summed E-state index contributed by atoms with van der Waals surface area (Å²) < 4.78 is 0.517. The van der Waals surface area contributed by atoms with Crippen molar-refractivity contribution in [1.82, 2.24) is 20.6 Å². The number of thiazole rings is 1. The third-order valence-corrected chi connectivity index (χ3v) is 6.49. The second kappa shape index (κ2) is 10.9. The topological polar surface area (TPSA) is 130 Å². The van der Waals surface area contributed by atoms with Gasteiger partial charge in [-0.3, -0.25) is 15.1 Å². The maximum atomic E-state index is 11.6. The Kier molecular flexibility index (Phi) is 7.71. The van der Waals surface area contributed by atoms with Crippen molar-refractivity contribution < 1.29 is 15.3 Å². The maximum Gasteiger partial charge on any atom is 0.305 e. The molecule has 9 heteroatoms. The number of aromatic nitrogens is 2. The van der Waals surface area contributed by atoms with Crippen molar-refractivity contribution in [3.63, 3.8) is 0 Å². The molecule has 8 nitrogen and oxygen atoms in total. The van der Waals surface area contributed by atoms with Crippen molar-refractivity contribution in [2.45, 2.75) is 31.7 Å². The van der Waals surface area contributed by atoms with E-state index >= 15 is 0 Å². The number of phenolic OH excluding ortho intramolecular Hbond substituents is 1. The number of aromatic hydroxyl groups is 1. The third kappa shape index (κ3) is 6.49. The molecule has 0 fully saturated rings. The first kappa shape index (κ1) is 24.1. The van der Waals surface area contributed by atoms with Crippen LogP contribution < -0.4 is 15.5 Å². The molecule has 178 valence electrons. The Bertz CT molecular complexity index is 1270. The number of nitrogens with zero attached hydrogens (tertiary/aromatic N) is 1. The molecule has 0 bridgehead atoms. The molecule has 2 aromatic heterocycles. The molecule has 0 aliphatic rings. The van der Waals surface area contributed by atoms with E-state index in [1.807, 2.05) is 30.3 Å². The highest BCUT2D eigenvalue weighted by atomic mass is 32.1. The standard InChI is InChI=1S/C25H28N4O4S/c30-21-9-8-19(23-22(21)29-24(31)34-23)15-25(32,33)28-14-10-17-4-6-18(7-5-17)16-26-13-11-20-3-1-2-12-27-20/h1-9,12,26,28,30,32-33H,10-11,13-16H2,(H,29,31). The lowest BCUT2D eigenvalue weighted by Gasteiger charge is -2.23.